The Balaban J connectivity index is 1.79. The second kappa shape index (κ2) is 8.33. The van der Waals surface area contributed by atoms with E-state index in [9.17, 15) is 19.5 Å². The van der Waals surface area contributed by atoms with Crippen LogP contribution in [0, 0.1) is 5.92 Å². The third kappa shape index (κ3) is 5.26. The van der Waals surface area contributed by atoms with Crippen LogP contribution in [-0.2, 0) is 14.4 Å². The van der Waals surface area contributed by atoms with Gasteiger partial charge in [0.05, 0.1) is 7.11 Å². The number of aliphatic carboxylic acids is 1. The summed E-state index contributed by atoms with van der Waals surface area (Å²) in [5.74, 6) is -0.697. The largest absolute Gasteiger partial charge is 0.497 e. The third-order valence-electron chi connectivity index (χ3n) is 3.83. The molecule has 0 heterocycles. The highest BCUT2D eigenvalue weighted by Gasteiger charge is 2.29. The summed E-state index contributed by atoms with van der Waals surface area (Å²) in [7, 11) is 1.52. The third-order valence-corrected chi connectivity index (χ3v) is 3.83. The zero-order valence-electron chi connectivity index (χ0n) is 13.6. The van der Waals surface area contributed by atoms with E-state index in [0.717, 1.165) is 12.8 Å². The minimum absolute atomic E-state index is 0.0389. The summed E-state index contributed by atoms with van der Waals surface area (Å²) < 4.78 is 5.03. The van der Waals surface area contributed by atoms with Crippen molar-refractivity contribution in [2.45, 2.75) is 31.7 Å². The standard InChI is InChI=1S/C17H22N2O5/c1-24-13-8-6-11(7-9-13)15(17(22)23)19-14(20)3-2-10-18-16(21)12-4-5-12/h6-9,12,15H,2-5,10H2,1H3,(H,18,21)(H,19,20)(H,22,23). The van der Waals surface area contributed by atoms with Crippen molar-refractivity contribution in [3.05, 3.63) is 29.8 Å². The van der Waals surface area contributed by atoms with E-state index in [-0.39, 0.29) is 24.2 Å². The molecule has 1 aromatic carbocycles. The highest BCUT2D eigenvalue weighted by Crippen LogP contribution is 2.28. The monoisotopic (exact) mass is 334 g/mol. The second-order valence-corrected chi connectivity index (χ2v) is 5.78. The van der Waals surface area contributed by atoms with E-state index in [1.807, 2.05) is 0 Å². The molecular weight excluding hydrogens is 312 g/mol. The van der Waals surface area contributed by atoms with Crippen molar-refractivity contribution >= 4 is 17.8 Å². The predicted octanol–water partition coefficient (Wildman–Crippen LogP) is 1.24. The number of carbonyl (C=O) groups excluding carboxylic acids is 2. The van der Waals surface area contributed by atoms with Gasteiger partial charge >= 0.3 is 5.97 Å². The molecule has 3 N–H and O–H groups in total. The number of carbonyl (C=O) groups is 3. The number of benzene rings is 1. The zero-order valence-corrected chi connectivity index (χ0v) is 13.6. The smallest absolute Gasteiger partial charge is 0.330 e. The number of ether oxygens (including phenoxy) is 1. The zero-order chi connectivity index (χ0) is 17.5. The molecule has 130 valence electrons. The van der Waals surface area contributed by atoms with Gasteiger partial charge < -0.3 is 20.5 Å². The van der Waals surface area contributed by atoms with Crippen molar-refractivity contribution in [3.8, 4) is 5.75 Å². The Bertz CT molecular complexity index is 596. The molecule has 2 amide bonds. The Morgan fingerprint density at radius 3 is 2.46 bits per heavy atom. The van der Waals surface area contributed by atoms with E-state index in [2.05, 4.69) is 10.6 Å². The van der Waals surface area contributed by atoms with Gasteiger partial charge in [0.2, 0.25) is 11.8 Å². The topological polar surface area (TPSA) is 105 Å². The van der Waals surface area contributed by atoms with Gasteiger partial charge in [-0.3, -0.25) is 9.59 Å². The van der Waals surface area contributed by atoms with Crippen LogP contribution in [0.25, 0.3) is 0 Å². The number of methoxy groups -OCH3 is 1. The lowest BCUT2D eigenvalue weighted by Crippen LogP contribution is -2.34. The summed E-state index contributed by atoms with van der Waals surface area (Å²) in [6.07, 6.45) is 2.51. The fourth-order valence-corrected chi connectivity index (χ4v) is 2.27. The molecule has 1 fully saturated rings. The van der Waals surface area contributed by atoms with Crippen molar-refractivity contribution in [2.75, 3.05) is 13.7 Å². The molecule has 0 spiro atoms. The molecule has 0 aliphatic heterocycles. The molecule has 1 atom stereocenters. The van der Waals surface area contributed by atoms with E-state index >= 15 is 0 Å². The Morgan fingerprint density at radius 1 is 1.25 bits per heavy atom. The van der Waals surface area contributed by atoms with Crippen molar-refractivity contribution in [1.29, 1.82) is 0 Å². The quantitative estimate of drug-likeness (QED) is 0.589. The number of hydrogen-bond donors (Lipinski definition) is 3. The van der Waals surface area contributed by atoms with Crippen molar-refractivity contribution < 1.29 is 24.2 Å². The Labute approximate surface area is 140 Å². The lowest BCUT2D eigenvalue weighted by molar-refractivity contribution is -0.142. The Hall–Kier alpha value is -2.57. The van der Waals surface area contributed by atoms with Gasteiger partial charge in [-0.05, 0) is 37.0 Å². The molecule has 1 unspecified atom stereocenters. The van der Waals surface area contributed by atoms with Gasteiger partial charge in [-0.1, -0.05) is 12.1 Å². The van der Waals surface area contributed by atoms with Crippen LogP contribution >= 0.6 is 0 Å². The molecular formula is C17H22N2O5. The molecule has 7 nitrogen and oxygen atoms in total. The maximum Gasteiger partial charge on any atom is 0.330 e. The van der Waals surface area contributed by atoms with Gasteiger partial charge in [-0.2, -0.15) is 0 Å². The van der Waals surface area contributed by atoms with Crippen LogP contribution in [0.2, 0.25) is 0 Å². The first-order chi connectivity index (χ1) is 11.5. The van der Waals surface area contributed by atoms with E-state index < -0.39 is 12.0 Å². The molecule has 0 radical (unpaired) electrons. The molecule has 1 aliphatic rings. The first-order valence-corrected chi connectivity index (χ1v) is 7.95. The van der Waals surface area contributed by atoms with Gasteiger partial charge in [0.1, 0.15) is 5.75 Å². The Morgan fingerprint density at radius 2 is 1.92 bits per heavy atom. The molecule has 1 aliphatic carbocycles. The molecule has 24 heavy (non-hydrogen) atoms. The normalized spacial score (nSPS) is 14.5. The number of rotatable bonds is 9. The van der Waals surface area contributed by atoms with Gasteiger partial charge in [0.25, 0.3) is 0 Å². The van der Waals surface area contributed by atoms with Gasteiger partial charge in [-0.25, -0.2) is 4.79 Å². The Kier molecular flexibility index (Phi) is 6.17. The number of hydrogen-bond acceptors (Lipinski definition) is 4. The second-order valence-electron chi connectivity index (χ2n) is 5.78. The lowest BCUT2D eigenvalue weighted by atomic mass is 10.1. The van der Waals surface area contributed by atoms with Crippen LogP contribution in [0.1, 0.15) is 37.3 Å². The average molecular weight is 334 g/mol. The lowest BCUT2D eigenvalue weighted by Gasteiger charge is -2.15. The molecule has 2 rings (SSSR count). The van der Waals surface area contributed by atoms with Gasteiger partial charge in [0, 0.05) is 18.9 Å². The maximum absolute atomic E-state index is 11.9. The fourth-order valence-electron chi connectivity index (χ4n) is 2.27. The molecule has 7 heteroatoms. The highest BCUT2D eigenvalue weighted by molar-refractivity contribution is 5.84. The van der Waals surface area contributed by atoms with E-state index in [0.29, 0.717) is 24.3 Å². The summed E-state index contributed by atoms with van der Waals surface area (Å²) in [6.45, 7) is 0.420. The highest BCUT2D eigenvalue weighted by atomic mass is 16.5. The fraction of sp³-hybridized carbons (Fsp3) is 0.471. The van der Waals surface area contributed by atoms with Crippen LogP contribution in [-0.4, -0.2) is 36.5 Å². The summed E-state index contributed by atoms with van der Waals surface area (Å²) in [6, 6.07) is 5.39. The number of carboxylic acids is 1. The summed E-state index contributed by atoms with van der Waals surface area (Å²) in [4.78, 5) is 34.8. The van der Waals surface area contributed by atoms with E-state index in [4.69, 9.17) is 4.74 Å². The van der Waals surface area contributed by atoms with Crippen LogP contribution in [0.15, 0.2) is 24.3 Å². The molecule has 0 bridgehead atoms. The van der Waals surface area contributed by atoms with Gasteiger partial charge in [-0.15, -0.1) is 0 Å². The van der Waals surface area contributed by atoms with Crippen LogP contribution in [0.4, 0.5) is 0 Å². The van der Waals surface area contributed by atoms with Crippen molar-refractivity contribution in [3.63, 3.8) is 0 Å². The molecule has 1 aromatic rings. The summed E-state index contributed by atoms with van der Waals surface area (Å²) in [5, 5.41) is 14.6. The summed E-state index contributed by atoms with van der Waals surface area (Å²) in [5.41, 5.74) is 0.471. The van der Waals surface area contributed by atoms with Crippen LogP contribution in [0.3, 0.4) is 0 Å². The number of amides is 2. The average Bonchev–Trinajstić information content (AvgIpc) is 3.41. The minimum Gasteiger partial charge on any atom is -0.497 e. The van der Waals surface area contributed by atoms with Crippen LogP contribution in [0.5, 0.6) is 5.75 Å². The minimum atomic E-state index is -1.13. The first-order valence-electron chi connectivity index (χ1n) is 7.95. The van der Waals surface area contributed by atoms with Crippen LogP contribution < -0.4 is 15.4 Å². The SMILES string of the molecule is COc1ccc(C(NC(=O)CCCNC(=O)C2CC2)C(=O)O)cc1. The number of nitrogens with one attached hydrogen (secondary N) is 2. The predicted molar refractivity (Wildman–Crippen MR) is 86.5 cm³/mol. The molecule has 0 saturated heterocycles. The van der Waals surface area contributed by atoms with Crippen molar-refractivity contribution in [1.82, 2.24) is 10.6 Å². The van der Waals surface area contributed by atoms with E-state index in [1.165, 1.54) is 7.11 Å². The molecule has 0 aromatic heterocycles. The summed E-state index contributed by atoms with van der Waals surface area (Å²) >= 11 is 0. The number of carboxylic acid groups (broad SMARTS) is 1. The van der Waals surface area contributed by atoms with E-state index in [1.54, 1.807) is 24.3 Å². The molecule has 1 saturated carbocycles. The van der Waals surface area contributed by atoms with Gasteiger partial charge in [0.15, 0.2) is 6.04 Å². The van der Waals surface area contributed by atoms with Crippen molar-refractivity contribution in [2.24, 2.45) is 5.92 Å². The first kappa shape index (κ1) is 17.8. The maximum atomic E-state index is 11.9.